The number of hydrogen-bond acceptors (Lipinski definition) is 1. The molecule has 0 amide bonds. The molecular weight excluding hydrogens is 274 g/mol. The molecular formula is C17H29N5. The van der Waals surface area contributed by atoms with Gasteiger partial charge in [0.15, 0.2) is 5.96 Å². The molecule has 1 aromatic rings. The van der Waals surface area contributed by atoms with Gasteiger partial charge >= 0.3 is 0 Å². The maximum Gasteiger partial charge on any atom is 0.218 e. The average molecular weight is 303 g/mol. The summed E-state index contributed by atoms with van der Waals surface area (Å²) >= 11 is 0. The minimum Gasteiger partial charge on any atom is -0.369 e. The lowest BCUT2D eigenvalue weighted by molar-refractivity contribution is 0.395. The monoisotopic (exact) mass is 303 g/mol. The second kappa shape index (κ2) is 10.7. The Bertz CT molecular complexity index is 459. The van der Waals surface area contributed by atoms with Crippen molar-refractivity contribution in [3.05, 3.63) is 35.9 Å². The van der Waals surface area contributed by atoms with Gasteiger partial charge in [0.2, 0.25) is 5.96 Å². The van der Waals surface area contributed by atoms with Crippen LogP contribution < -0.4 is 11.5 Å². The Morgan fingerprint density at radius 3 is 2.14 bits per heavy atom. The first-order valence-corrected chi connectivity index (χ1v) is 8.10. The first-order chi connectivity index (χ1) is 10.7. The van der Waals surface area contributed by atoms with Crippen LogP contribution in [0.3, 0.4) is 0 Å². The average Bonchev–Trinajstić information content (AvgIpc) is 2.54. The predicted octanol–water partition coefficient (Wildman–Crippen LogP) is 2.72. The second-order valence-electron chi connectivity index (χ2n) is 5.32. The molecule has 0 saturated carbocycles. The molecule has 0 atom stereocenters. The largest absolute Gasteiger partial charge is 0.369 e. The summed E-state index contributed by atoms with van der Waals surface area (Å²) in [5.74, 6) is 0.704. The molecule has 0 aliphatic rings. The van der Waals surface area contributed by atoms with Crippen molar-refractivity contribution in [2.24, 2.45) is 21.5 Å². The van der Waals surface area contributed by atoms with Crippen LogP contribution in [-0.2, 0) is 6.54 Å². The van der Waals surface area contributed by atoms with E-state index in [2.05, 4.69) is 28.7 Å². The zero-order chi connectivity index (χ0) is 16.2. The van der Waals surface area contributed by atoms with Gasteiger partial charge in [-0.15, -0.1) is 0 Å². The van der Waals surface area contributed by atoms with Gasteiger partial charge in [0.05, 0.1) is 6.54 Å². The maximum absolute atomic E-state index is 6.08. The molecule has 0 unspecified atom stereocenters. The van der Waals surface area contributed by atoms with Crippen molar-refractivity contribution >= 4 is 11.9 Å². The molecule has 0 aliphatic carbocycles. The van der Waals surface area contributed by atoms with Crippen molar-refractivity contribution in [3.63, 3.8) is 0 Å². The maximum atomic E-state index is 6.08. The number of nitrogens with two attached hydrogens (primary N) is 2. The Hall–Kier alpha value is -2.04. The van der Waals surface area contributed by atoms with Crippen molar-refractivity contribution < 1.29 is 0 Å². The number of guanidine groups is 2. The smallest absolute Gasteiger partial charge is 0.218 e. The van der Waals surface area contributed by atoms with E-state index in [-0.39, 0.29) is 5.96 Å². The summed E-state index contributed by atoms with van der Waals surface area (Å²) in [5, 5.41) is 0. The molecule has 0 fully saturated rings. The fourth-order valence-corrected chi connectivity index (χ4v) is 2.02. The topological polar surface area (TPSA) is 80.0 Å². The SMILES string of the molecule is CCCCN(CCCC)C(N)=NC(N)=NCc1ccccc1. The fourth-order valence-electron chi connectivity index (χ4n) is 2.02. The van der Waals surface area contributed by atoms with E-state index in [9.17, 15) is 0 Å². The van der Waals surface area contributed by atoms with Crippen LogP contribution in [0.2, 0.25) is 0 Å². The van der Waals surface area contributed by atoms with Crippen LogP contribution in [0.1, 0.15) is 45.1 Å². The van der Waals surface area contributed by atoms with E-state index in [1.165, 1.54) is 0 Å². The van der Waals surface area contributed by atoms with Gasteiger partial charge < -0.3 is 16.4 Å². The molecule has 0 bridgehead atoms. The molecule has 4 N–H and O–H groups in total. The van der Waals surface area contributed by atoms with Gasteiger partial charge in [-0.3, -0.25) is 0 Å². The summed E-state index contributed by atoms with van der Waals surface area (Å²) in [5.41, 5.74) is 13.1. The molecule has 1 aromatic carbocycles. The molecule has 5 nitrogen and oxygen atoms in total. The van der Waals surface area contributed by atoms with Crippen LogP contribution >= 0.6 is 0 Å². The molecule has 22 heavy (non-hydrogen) atoms. The normalized spacial score (nSPS) is 12.5. The van der Waals surface area contributed by atoms with Gasteiger partial charge in [0.1, 0.15) is 0 Å². The van der Waals surface area contributed by atoms with Crippen molar-refractivity contribution in [2.75, 3.05) is 13.1 Å². The first-order valence-electron chi connectivity index (χ1n) is 8.10. The summed E-state index contributed by atoms with van der Waals surface area (Å²) in [7, 11) is 0. The highest BCUT2D eigenvalue weighted by atomic mass is 15.3. The highest BCUT2D eigenvalue weighted by Gasteiger charge is 2.07. The van der Waals surface area contributed by atoms with Gasteiger partial charge in [0.25, 0.3) is 0 Å². The highest BCUT2D eigenvalue weighted by Crippen LogP contribution is 2.01. The zero-order valence-electron chi connectivity index (χ0n) is 13.8. The highest BCUT2D eigenvalue weighted by molar-refractivity contribution is 5.93. The third kappa shape index (κ3) is 7.11. The zero-order valence-corrected chi connectivity index (χ0v) is 13.8. The Morgan fingerprint density at radius 1 is 1.00 bits per heavy atom. The molecule has 0 aromatic heterocycles. The summed E-state index contributed by atoms with van der Waals surface area (Å²) in [4.78, 5) is 10.6. The first kappa shape index (κ1) is 18.0. The van der Waals surface area contributed by atoms with E-state index in [1.807, 2.05) is 30.3 Å². The van der Waals surface area contributed by atoms with Crippen LogP contribution in [0.4, 0.5) is 0 Å². The Balaban J connectivity index is 2.64. The molecule has 0 saturated heterocycles. The summed E-state index contributed by atoms with van der Waals surface area (Å²) in [6.45, 7) is 6.69. The number of rotatable bonds is 8. The van der Waals surface area contributed by atoms with Crippen molar-refractivity contribution in [1.29, 1.82) is 0 Å². The molecule has 0 heterocycles. The predicted molar refractivity (Wildman–Crippen MR) is 94.8 cm³/mol. The van der Waals surface area contributed by atoms with Gasteiger partial charge in [-0.2, -0.15) is 4.99 Å². The van der Waals surface area contributed by atoms with E-state index < -0.39 is 0 Å². The molecule has 0 aliphatic heterocycles. The fraction of sp³-hybridized carbons (Fsp3) is 0.529. The van der Waals surface area contributed by atoms with Gasteiger partial charge in [-0.1, -0.05) is 57.0 Å². The van der Waals surface area contributed by atoms with Crippen LogP contribution in [-0.4, -0.2) is 29.9 Å². The summed E-state index contributed by atoms with van der Waals surface area (Å²) < 4.78 is 0. The minimum atomic E-state index is 0.236. The second-order valence-corrected chi connectivity index (χ2v) is 5.32. The molecule has 1 rings (SSSR count). The number of hydrogen-bond donors (Lipinski definition) is 2. The lowest BCUT2D eigenvalue weighted by Gasteiger charge is -2.23. The van der Waals surface area contributed by atoms with Crippen molar-refractivity contribution in [1.82, 2.24) is 4.90 Å². The van der Waals surface area contributed by atoms with Gasteiger partial charge in [0, 0.05) is 13.1 Å². The van der Waals surface area contributed by atoms with Gasteiger partial charge in [-0.05, 0) is 18.4 Å². The third-order valence-corrected chi connectivity index (χ3v) is 3.38. The minimum absolute atomic E-state index is 0.236. The van der Waals surface area contributed by atoms with Crippen LogP contribution in [0.5, 0.6) is 0 Å². The number of unbranched alkanes of at least 4 members (excludes halogenated alkanes) is 2. The standard InChI is InChI=1S/C17H29N5/c1-3-5-12-22(13-6-4-2)17(19)21-16(18)20-14-15-10-8-7-9-11-15/h7-11H,3-6,12-14H2,1-2H3,(H4,18,19,20,21). The van der Waals surface area contributed by atoms with E-state index in [0.717, 1.165) is 44.3 Å². The molecule has 0 radical (unpaired) electrons. The van der Waals surface area contributed by atoms with Crippen molar-refractivity contribution in [2.45, 2.75) is 46.1 Å². The molecule has 122 valence electrons. The Kier molecular flexibility index (Phi) is 8.72. The lowest BCUT2D eigenvalue weighted by Crippen LogP contribution is -2.40. The van der Waals surface area contributed by atoms with Crippen LogP contribution in [0, 0.1) is 0 Å². The van der Waals surface area contributed by atoms with Crippen LogP contribution in [0.25, 0.3) is 0 Å². The van der Waals surface area contributed by atoms with Crippen molar-refractivity contribution in [3.8, 4) is 0 Å². The molecule has 0 spiro atoms. The Morgan fingerprint density at radius 2 is 1.59 bits per heavy atom. The van der Waals surface area contributed by atoms with E-state index in [0.29, 0.717) is 12.5 Å². The quantitative estimate of drug-likeness (QED) is 0.572. The van der Waals surface area contributed by atoms with Gasteiger partial charge in [-0.25, -0.2) is 4.99 Å². The number of nitrogens with zero attached hydrogens (tertiary/aromatic N) is 3. The van der Waals surface area contributed by atoms with E-state index in [4.69, 9.17) is 11.5 Å². The summed E-state index contributed by atoms with van der Waals surface area (Å²) in [6.07, 6.45) is 4.46. The number of benzene rings is 1. The van der Waals surface area contributed by atoms with E-state index in [1.54, 1.807) is 0 Å². The van der Waals surface area contributed by atoms with E-state index >= 15 is 0 Å². The molecule has 5 heteroatoms. The third-order valence-electron chi connectivity index (χ3n) is 3.38. The van der Waals surface area contributed by atoms with Crippen LogP contribution in [0.15, 0.2) is 40.3 Å². The number of aliphatic imine (C=N–C) groups is 2. The Labute approximate surface area is 134 Å². The lowest BCUT2D eigenvalue weighted by atomic mass is 10.2. The summed E-state index contributed by atoms with van der Waals surface area (Å²) in [6, 6.07) is 9.97.